The summed E-state index contributed by atoms with van der Waals surface area (Å²) in [6.07, 6.45) is 0. The number of Topliss-reactive ketones (excluding diaryl/α,β-unsaturated/α-hetero) is 1. The van der Waals surface area contributed by atoms with Gasteiger partial charge in [-0.2, -0.15) is 0 Å². The maximum atomic E-state index is 12.2. The van der Waals surface area contributed by atoms with Crippen molar-refractivity contribution in [3.63, 3.8) is 0 Å². The average molecular weight is 254 g/mol. The fraction of sp³-hybridized carbons (Fsp3) is 0.417. The molecule has 0 radical (unpaired) electrons. The van der Waals surface area contributed by atoms with E-state index in [1.165, 1.54) is 0 Å². The summed E-state index contributed by atoms with van der Waals surface area (Å²) in [5.74, 6) is -0.341. The Morgan fingerprint density at radius 3 is 2.59 bits per heavy atom. The van der Waals surface area contributed by atoms with Gasteiger partial charge in [0.2, 0.25) is 0 Å². The zero-order valence-corrected chi connectivity index (χ0v) is 10.3. The first-order valence-corrected chi connectivity index (χ1v) is 6.61. The lowest BCUT2D eigenvalue weighted by molar-refractivity contribution is 0.0484. The smallest absolute Gasteiger partial charge is 0.175 e. The molecule has 0 aliphatic carbocycles. The van der Waals surface area contributed by atoms with Crippen LogP contribution in [-0.4, -0.2) is 39.2 Å². The molecule has 2 N–H and O–H groups in total. The van der Waals surface area contributed by atoms with Crippen molar-refractivity contribution < 1.29 is 19.2 Å². The van der Waals surface area contributed by atoms with Crippen LogP contribution in [0.2, 0.25) is 0 Å². The highest BCUT2D eigenvalue weighted by atomic mass is 32.2. The van der Waals surface area contributed by atoms with E-state index >= 15 is 0 Å². The molecular weight excluding hydrogens is 240 g/mol. The number of fused-ring (bicyclic) bond motifs is 1. The number of carbonyl (C=O) groups excluding carboxylic acids is 1. The number of aliphatic hydroxyl groups excluding tert-OH is 2. The van der Waals surface area contributed by atoms with Crippen LogP contribution in [0.15, 0.2) is 23.1 Å². The van der Waals surface area contributed by atoms with Crippen LogP contribution in [0.25, 0.3) is 0 Å². The van der Waals surface area contributed by atoms with E-state index in [2.05, 4.69) is 0 Å². The number of carbonyl (C=O) groups is 1. The van der Waals surface area contributed by atoms with E-state index in [9.17, 15) is 19.2 Å². The van der Waals surface area contributed by atoms with Crippen LogP contribution < -0.4 is 0 Å². The van der Waals surface area contributed by atoms with E-state index in [0.717, 1.165) is 5.56 Å². The standard InChI is InChI=1S/C12H14O4S/c1-8-2-3-9-10(4-8)17(16)7-12(5-13,6-14)11(9)15/h2-4,13-14H,5-7H2,1H3. The largest absolute Gasteiger partial charge is 0.395 e. The van der Waals surface area contributed by atoms with Crippen LogP contribution in [0.1, 0.15) is 15.9 Å². The molecule has 0 spiro atoms. The molecule has 0 saturated heterocycles. The Morgan fingerprint density at radius 2 is 2.00 bits per heavy atom. The number of hydrogen-bond acceptors (Lipinski definition) is 4. The minimum absolute atomic E-state index is 0.0186. The van der Waals surface area contributed by atoms with Gasteiger partial charge in [-0.15, -0.1) is 0 Å². The van der Waals surface area contributed by atoms with E-state index in [1.54, 1.807) is 18.2 Å². The van der Waals surface area contributed by atoms with E-state index in [0.29, 0.717) is 10.5 Å². The predicted molar refractivity (Wildman–Crippen MR) is 63.4 cm³/mol. The molecule has 0 aromatic heterocycles. The highest BCUT2D eigenvalue weighted by molar-refractivity contribution is 7.85. The summed E-state index contributed by atoms with van der Waals surface area (Å²) < 4.78 is 12.1. The Bertz CT molecular complexity index is 491. The molecule has 5 heteroatoms. The molecule has 1 heterocycles. The van der Waals surface area contributed by atoms with Crippen molar-refractivity contribution in [2.75, 3.05) is 19.0 Å². The number of benzene rings is 1. The van der Waals surface area contributed by atoms with Crippen molar-refractivity contribution >= 4 is 16.6 Å². The quantitative estimate of drug-likeness (QED) is 0.794. The summed E-state index contributed by atoms with van der Waals surface area (Å²) in [7, 11) is -1.36. The molecule has 92 valence electrons. The van der Waals surface area contributed by atoms with Crippen LogP contribution in [0.5, 0.6) is 0 Å². The van der Waals surface area contributed by atoms with Gasteiger partial charge in [0.15, 0.2) is 5.78 Å². The van der Waals surface area contributed by atoms with Crippen LogP contribution >= 0.6 is 0 Å². The lowest BCUT2D eigenvalue weighted by atomic mass is 9.83. The van der Waals surface area contributed by atoms with E-state index in [1.807, 2.05) is 6.92 Å². The molecule has 0 amide bonds. The van der Waals surface area contributed by atoms with Gasteiger partial charge in [-0.3, -0.25) is 9.00 Å². The topological polar surface area (TPSA) is 74.6 Å². The zero-order chi connectivity index (χ0) is 12.6. The van der Waals surface area contributed by atoms with Gasteiger partial charge in [0.25, 0.3) is 0 Å². The van der Waals surface area contributed by atoms with Gasteiger partial charge in [0.05, 0.1) is 29.4 Å². The highest BCUT2D eigenvalue weighted by Crippen LogP contribution is 2.34. The third-order valence-corrected chi connectivity index (χ3v) is 4.76. The van der Waals surface area contributed by atoms with E-state index in [-0.39, 0.29) is 11.5 Å². The first-order valence-electron chi connectivity index (χ1n) is 5.29. The molecule has 2 rings (SSSR count). The van der Waals surface area contributed by atoms with Crippen LogP contribution in [0.3, 0.4) is 0 Å². The molecule has 4 nitrogen and oxygen atoms in total. The Labute approximate surface area is 102 Å². The van der Waals surface area contributed by atoms with Gasteiger partial charge < -0.3 is 10.2 Å². The SMILES string of the molecule is Cc1ccc2c(c1)S(=O)CC(CO)(CO)C2=O. The predicted octanol–water partition coefficient (Wildman–Crippen LogP) is 0.270. The minimum Gasteiger partial charge on any atom is -0.395 e. The molecule has 17 heavy (non-hydrogen) atoms. The first kappa shape index (κ1) is 12.4. The maximum absolute atomic E-state index is 12.2. The summed E-state index contributed by atoms with van der Waals surface area (Å²) in [5.41, 5.74) is -0.0127. The normalized spacial score (nSPS) is 22.3. The fourth-order valence-corrected chi connectivity index (χ4v) is 3.66. The third kappa shape index (κ3) is 1.84. The Balaban J connectivity index is 2.59. The maximum Gasteiger partial charge on any atom is 0.175 e. The Morgan fingerprint density at radius 1 is 1.35 bits per heavy atom. The molecule has 0 saturated carbocycles. The van der Waals surface area contributed by atoms with Crippen molar-refractivity contribution in [2.24, 2.45) is 5.41 Å². The fourth-order valence-electron chi connectivity index (χ4n) is 1.97. The van der Waals surface area contributed by atoms with Crippen LogP contribution in [-0.2, 0) is 10.8 Å². The number of aryl methyl sites for hydroxylation is 1. The van der Waals surface area contributed by atoms with Crippen LogP contribution in [0, 0.1) is 12.3 Å². The molecule has 1 aliphatic heterocycles. The van der Waals surface area contributed by atoms with Crippen molar-refractivity contribution in [3.8, 4) is 0 Å². The van der Waals surface area contributed by atoms with Gasteiger partial charge in [0.1, 0.15) is 0 Å². The number of hydrogen-bond donors (Lipinski definition) is 2. The number of aliphatic hydroxyl groups is 2. The Hall–Kier alpha value is -1.04. The third-order valence-electron chi connectivity index (χ3n) is 3.12. The second-order valence-corrected chi connectivity index (χ2v) is 5.83. The molecule has 0 bridgehead atoms. The monoisotopic (exact) mass is 254 g/mol. The van der Waals surface area contributed by atoms with E-state index in [4.69, 9.17) is 0 Å². The second kappa shape index (κ2) is 4.33. The van der Waals surface area contributed by atoms with Gasteiger partial charge in [-0.1, -0.05) is 6.07 Å². The number of rotatable bonds is 2. The minimum atomic E-state index is -1.36. The summed E-state index contributed by atoms with van der Waals surface area (Å²) in [4.78, 5) is 12.7. The van der Waals surface area contributed by atoms with Gasteiger partial charge in [-0.25, -0.2) is 0 Å². The van der Waals surface area contributed by atoms with Gasteiger partial charge >= 0.3 is 0 Å². The molecule has 1 aromatic rings. The summed E-state index contributed by atoms with van der Waals surface area (Å²) in [6.45, 7) is 0.894. The lowest BCUT2D eigenvalue weighted by Gasteiger charge is -2.32. The summed E-state index contributed by atoms with van der Waals surface area (Å²) in [6, 6.07) is 5.10. The summed E-state index contributed by atoms with van der Waals surface area (Å²) in [5, 5.41) is 18.6. The number of ketones is 1. The van der Waals surface area contributed by atoms with Crippen molar-refractivity contribution in [1.82, 2.24) is 0 Å². The zero-order valence-electron chi connectivity index (χ0n) is 9.47. The molecule has 0 fully saturated rings. The van der Waals surface area contributed by atoms with E-state index < -0.39 is 29.4 Å². The molecular formula is C12H14O4S. The lowest BCUT2D eigenvalue weighted by Crippen LogP contribution is -2.46. The first-order chi connectivity index (χ1) is 8.04. The van der Waals surface area contributed by atoms with Crippen molar-refractivity contribution in [3.05, 3.63) is 29.3 Å². The highest BCUT2D eigenvalue weighted by Gasteiger charge is 2.44. The van der Waals surface area contributed by atoms with Gasteiger partial charge in [-0.05, 0) is 24.6 Å². The molecule has 1 aromatic carbocycles. The second-order valence-electron chi connectivity index (χ2n) is 4.42. The summed E-state index contributed by atoms with van der Waals surface area (Å²) >= 11 is 0. The molecule has 1 aliphatic rings. The van der Waals surface area contributed by atoms with Gasteiger partial charge in [0, 0.05) is 16.2 Å². The Kier molecular flexibility index (Phi) is 3.16. The molecule has 1 atom stereocenters. The van der Waals surface area contributed by atoms with Crippen molar-refractivity contribution in [1.29, 1.82) is 0 Å². The van der Waals surface area contributed by atoms with Crippen LogP contribution in [0.4, 0.5) is 0 Å². The average Bonchev–Trinajstić information content (AvgIpc) is 2.34. The van der Waals surface area contributed by atoms with Crippen molar-refractivity contribution in [2.45, 2.75) is 11.8 Å². The molecule has 1 unspecified atom stereocenters.